The second-order valence-electron chi connectivity index (χ2n) is 3.79. The molecule has 2 aliphatic rings. The van der Waals surface area contributed by atoms with Crippen molar-refractivity contribution in [2.45, 2.75) is 6.42 Å². The Hall–Kier alpha value is 0.270. The molecule has 1 atom stereocenters. The molecule has 3 heteroatoms. The van der Waals surface area contributed by atoms with Gasteiger partial charge in [0, 0.05) is 6.61 Å². The number of hydrogen-bond acceptors (Lipinski definition) is 3. The van der Waals surface area contributed by atoms with E-state index < -0.39 is 0 Å². The molecule has 0 aliphatic carbocycles. The van der Waals surface area contributed by atoms with Crippen LogP contribution in [0.5, 0.6) is 0 Å². The zero-order valence-electron chi connectivity index (χ0n) is 7.42. The van der Waals surface area contributed by atoms with Crippen LogP contribution in [0.4, 0.5) is 0 Å². The first-order valence-corrected chi connectivity index (χ1v) is 5.97. The molecular formula is C9H17NOS. The van der Waals surface area contributed by atoms with Crippen LogP contribution in [0.2, 0.25) is 0 Å². The molecule has 2 saturated heterocycles. The van der Waals surface area contributed by atoms with Gasteiger partial charge in [-0.3, -0.25) is 0 Å². The number of ether oxygens (including phenoxy) is 1. The lowest BCUT2D eigenvalue weighted by Gasteiger charge is -2.26. The topological polar surface area (TPSA) is 21.3 Å². The van der Waals surface area contributed by atoms with Gasteiger partial charge in [-0.15, -0.1) is 0 Å². The summed E-state index contributed by atoms with van der Waals surface area (Å²) < 4.78 is 5.33. The van der Waals surface area contributed by atoms with Gasteiger partial charge in [0.2, 0.25) is 0 Å². The van der Waals surface area contributed by atoms with Crippen LogP contribution in [0.3, 0.4) is 0 Å². The predicted octanol–water partition coefficient (Wildman–Crippen LogP) is 0.976. The van der Waals surface area contributed by atoms with E-state index in [-0.39, 0.29) is 0 Å². The molecule has 0 aromatic rings. The molecule has 2 fully saturated rings. The van der Waals surface area contributed by atoms with E-state index in [0.717, 1.165) is 25.0 Å². The average Bonchev–Trinajstić information content (AvgIpc) is 2.46. The minimum atomic E-state index is 0.850. The Morgan fingerprint density at radius 1 is 1.25 bits per heavy atom. The molecule has 0 radical (unpaired) electrons. The van der Waals surface area contributed by atoms with E-state index >= 15 is 0 Å². The second kappa shape index (κ2) is 4.49. The number of hydrogen-bond donors (Lipinski definition) is 1. The van der Waals surface area contributed by atoms with E-state index in [0.29, 0.717) is 0 Å². The van der Waals surface area contributed by atoms with Crippen LogP contribution in [0.25, 0.3) is 0 Å². The first-order valence-electron chi connectivity index (χ1n) is 4.81. The third kappa shape index (κ3) is 2.38. The zero-order valence-corrected chi connectivity index (χ0v) is 8.24. The number of nitrogens with one attached hydrogen (secondary N) is 1. The largest absolute Gasteiger partial charge is 0.381 e. The Balaban J connectivity index is 1.49. The highest BCUT2D eigenvalue weighted by molar-refractivity contribution is 7.99. The monoisotopic (exact) mass is 187 g/mol. The third-order valence-corrected chi connectivity index (χ3v) is 4.01. The highest BCUT2D eigenvalue weighted by Crippen LogP contribution is 2.20. The fourth-order valence-corrected chi connectivity index (χ4v) is 2.88. The molecule has 0 aromatic heterocycles. The van der Waals surface area contributed by atoms with Crippen molar-refractivity contribution in [3.63, 3.8) is 0 Å². The van der Waals surface area contributed by atoms with E-state index in [9.17, 15) is 0 Å². The molecule has 0 bridgehead atoms. The third-order valence-electron chi connectivity index (χ3n) is 2.60. The average molecular weight is 187 g/mol. The van der Waals surface area contributed by atoms with Crippen molar-refractivity contribution in [3.8, 4) is 0 Å². The lowest BCUT2D eigenvalue weighted by molar-refractivity contribution is 0.189. The van der Waals surface area contributed by atoms with Crippen LogP contribution in [0, 0.1) is 11.8 Å². The maximum atomic E-state index is 5.33. The van der Waals surface area contributed by atoms with Crippen molar-refractivity contribution in [2.75, 3.05) is 37.8 Å². The van der Waals surface area contributed by atoms with Gasteiger partial charge in [0.1, 0.15) is 0 Å². The van der Waals surface area contributed by atoms with Crippen molar-refractivity contribution < 1.29 is 4.74 Å². The van der Waals surface area contributed by atoms with E-state index in [2.05, 4.69) is 17.1 Å². The highest BCUT2D eigenvalue weighted by Gasteiger charge is 2.19. The lowest BCUT2D eigenvalue weighted by atomic mass is 10.1. The Labute approximate surface area is 78.4 Å². The number of thioether (sulfide) groups is 1. The molecule has 1 N–H and O–H groups in total. The first-order chi connectivity index (χ1) is 5.95. The highest BCUT2D eigenvalue weighted by atomic mass is 32.2. The predicted molar refractivity (Wildman–Crippen MR) is 52.6 cm³/mol. The van der Waals surface area contributed by atoms with Gasteiger partial charge in [-0.1, -0.05) is 0 Å². The summed E-state index contributed by atoms with van der Waals surface area (Å²) in [4.78, 5) is 0. The van der Waals surface area contributed by atoms with Gasteiger partial charge in [-0.25, -0.2) is 0 Å². The van der Waals surface area contributed by atoms with Crippen molar-refractivity contribution in [2.24, 2.45) is 11.8 Å². The molecule has 0 spiro atoms. The van der Waals surface area contributed by atoms with Gasteiger partial charge < -0.3 is 10.1 Å². The lowest BCUT2D eigenvalue weighted by Crippen LogP contribution is -2.43. The molecule has 0 amide bonds. The fourth-order valence-electron chi connectivity index (χ4n) is 1.58. The minimum absolute atomic E-state index is 0.850. The molecule has 0 saturated carbocycles. The zero-order chi connectivity index (χ0) is 8.23. The van der Waals surface area contributed by atoms with Gasteiger partial charge in [0.15, 0.2) is 0 Å². The summed E-state index contributed by atoms with van der Waals surface area (Å²) in [5, 5.41) is 3.30. The van der Waals surface area contributed by atoms with Crippen molar-refractivity contribution in [1.29, 1.82) is 0 Å². The van der Waals surface area contributed by atoms with Crippen LogP contribution < -0.4 is 5.32 Å². The summed E-state index contributed by atoms with van der Waals surface area (Å²) in [5.74, 6) is 4.47. The van der Waals surface area contributed by atoms with E-state index in [4.69, 9.17) is 4.74 Å². The Kier molecular flexibility index (Phi) is 3.31. The first kappa shape index (κ1) is 8.85. The summed E-state index contributed by atoms with van der Waals surface area (Å²) in [5.41, 5.74) is 0. The summed E-state index contributed by atoms with van der Waals surface area (Å²) >= 11 is 2.11. The molecule has 70 valence electrons. The van der Waals surface area contributed by atoms with Gasteiger partial charge in [-0.2, -0.15) is 11.8 Å². The summed E-state index contributed by atoms with van der Waals surface area (Å²) in [6.07, 6.45) is 1.29. The molecule has 2 aliphatic heterocycles. The molecular weight excluding hydrogens is 170 g/mol. The van der Waals surface area contributed by atoms with Crippen LogP contribution >= 0.6 is 11.8 Å². The maximum Gasteiger partial charge on any atom is 0.0503 e. The number of rotatable bonds is 4. The van der Waals surface area contributed by atoms with Crippen molar-refractivity contribution in [1.82, 2.24) is 5.32 Å². The Morgan fingerprint density at radius 2 is 2.08 bits per heavy atom. The van der Waals surface area contributed by atoms with Gasteiger partial charge in [-0.05, 0) is 42.9 Å². The summed E-state index contributed by atoms with van der Waals surface area (Å²) in [7, 11) is 0. The quantitative estimate of drug-likeness (QED) is 0.709. The normalized spacial score (nSPS) is 30.5. The van der Waals surface area contributed by atoms with Crippen molar-refractivity contribution >= 4 is 11.8 Å². The summed E-state index contributed by atoms with van der Waals surface area (Å²) in [6.45, 7) is 4.49. The summed E-state index contributed by atoms with van der Waals surface area (Å²) in [6, 6.07) is 0. The minimum Gasteiger partial charge on any atom is -0.381 e. The van der Waals surface area contributed by atoms with Gasteiger partial charge >= 0.3 is 0 Å². The van der Waals surface area contributed by atoms with Crippen LogP contribution in [0.1, 0.15) is 6.42 Å². The fraction of sp³-hybridized carbons (Fsp3) is 1.00. The SMILES string of the molecule is C1CC(CSCC2CNC2)CO1. The molecule has 1 unspecified atom stereocenters. The van der Waals surface area contributed by atoms with Crippen LogP contribution in [-0.4, -0.2) is 37.8 Å². The molecule has 0 aromatic carbocycles. The van der Waals surface area contributed by atoms with E-state index in [1.54, 1.807) is 0 Å². The molecule has 2 nitrogen and oxygen atoms in total. The smallest absolute Gasteiger partial charge is 0.0503 e. The van der Waals surface area contributed by atoms with Gasteiger partial charge in [0.05, 0.1) is 6.61 Å². The van der Waals surface area contributed by atoms with E-state index in [1.165, 1.54) is 31.0 Å². The Morgan fingerprint density at radius 3 is 2.67 bits per heavy atom. The van der Waals surface area contributed by atoms with Gasteiger partial charge in [0.25, 0.3) is 0 Å². The standard InChI is InChI=1S/C9H17NOS/c1-2-11-5-8(1)6-12-7-9-3-10-4-9/h8-10H,1-7H2. The van der Waals surface area contributed by atoms with Crippen molar-refractivity contribution in [3.05, 3.63) is 0 Å². The molecule has 12 heavy (non-hydrogen) atoms. The van der Waals surface area contributed by atoms with Crippen LogP contribution in [-0.2, 0) is 4.74 Å². The molecule has 2 rings (SSSR count). The maximum absolute atomic E-state index is 5.33. The second-order valence-corrected chi connectivity index (χ2v) is 4.87. The Bertz CT molecular complexity index is 132. The van der Waals surface area contributed by atoms with Crippen LogP contribution in [0.15, 0.2) is 0 Å². The molecule has 2 heterocycles. The van der Waals surface area contributed by atoms with E-state index in [1.807, 2.05) is 0 Å².